The molecule has 8 aromatic rings. The molecule has 0 amide bonds. The van der Waals surface area contributed by atoms with E-state index in [9.17, 15) is 0 Å². The van der Waals surface area contributed by atoms with Gasteiger partial charge in [-0.05, 0) is 119 Å². The molecule has 2 nitrogen and oxygen atoms in total. The van der Waals surface area contributed by atoms with E-state index in [-0.39, 0.29) is 0 Å². The van der Waals surface area contributed by atoms with Crippen LogP contribution in [0.3, 0.4) is 0 Å². The first kappa shape index (κ1) is 33.3. The lowest BCUT2D eigenvalue weighted by molar-refractivity contribution is 1.27. The molecule has 0 aliphatic carbocycles. The average molecular weight is 681 g/mol. The zero-order valence-electron chi connectivity index (χ0n) is 29.8. The van der Waals surface area contributed by atoms with Crippen molar-refractivity contribution in [2.75, 3.05) is 9.80 Å². The molecule has 0 bridgehead atoms. The van der Waals surface area contributed by atoms with Gasteiger partial charge in [0.1, 0.15) is 0 Å². The van der Waals surface area contributed by atoms with E-state index in [1.165, 1.54) is 27.8 Å². The van der Waals surface area contributed by atoms with Crippen LogP contribution in [-0.2, 0) is 0 Å². The molecule has 0 saturated heterocycles. The van der Waals surface area contributed by atoms with Gasteiger partial charge in [0.2, 0.25) is 0 Å². The van der Waals surface area contributed by atoms with Gasteiger partial charge in [-0.1, -0.05) is 152 Å². The molecule has 0 aliphatic rings. The van der Waals surface area contributed by atoms with Crippen LogP contribution in [0.25, 0.3) is 34.4 Å². The molecule has 0 heterocycles. The van der Waals surface area contributed by atoms with Crippen molar-refractivity contribution in [2.24, 2.45) is 0 Å². The molecule has 0 fully saturated rings. The minimum absolute atomic E-state index is 1.10. The Hall–Kier alpha value is -6.90. The minimum atomic E-state index is 1.10. The van der Waals surface area contributed by atoms with Crippen LogP contribution in [0.5, 0.6) is 0 Å². The standard InChI is InChI=1S/C51H40N2/c1-39-12-11-19-51(38-39)53(46-17-9-4-10-18-46)48-32-24-41(25-33-48)21-20-40-22-30-47(31-23-40)52(49-34-26-44(27-35-49)42-13-5-2-6-14-42)50-36-28-45(29-37-50)43-15-7-3-8-16-43/h2-38H,1H3. The molecule has 0 atom stereocenters. The van der Waals surface area contributed by atoms with E-state index in [0.717, 1.165) is 45.3 Å². The molecule has 0 radical (unpaired) electrons. The normalized spacial score (nSPS) is 11.0. The number of para-hydroxylation sites is 1. The molecule has 2 heteroatoms. The summed E-state index contributed by atoms with van der Waals surface area (Å²) in [5, 5.41) is 0. The van der Waals surface area contributed by atoms with Gasteiger partial charge < -0.3 is 9.80 Å². The topological polar surface area (TPSA) is 6.48 Å². The summed E-state index contributed by atoms with van der Waals surface area (Å²) in [4.78, 5) is 4.62. The Bertz CT molecular complexity index is 2320. The number of hydrogen-bond donors (Lipinski definition) is 0. The van der Waals surface area contributed by atoms with Crippen LogP contribution in [0.15, 0.2) is 212 Å². The molecule has 0 unspecified atom stereocenters. The van der Waals surface area contributed by atoms with Gasteiger partial charge in [0.05, 0.1) is 0 Å². The molecule has 53 heavy (non-hydrogen) atoms. The highest BCUT2D eigenvalue weighted by molar-refractivity contribution is 5.82. The predicted octanol–water partition coefficient (Wildman–Crippen LogP) is 14.4. The fourth-order valence-electron chi connectivity index (χ4n) is 6.77. The van der Waals surface area contributed by atoms with Crippen molar-refractivity contribution in [3.63, 3.8) is 0 Å². The van der Waals surface area contributed by atoms with Crippen molar-refractivity contribution < 1.29 is 0 Å². The molecule has 8 rings (SSSR count). The van der Waals surface area contributed by atoms with Crippen molar-refractivity contribution in [3.8, 4) is 22.3 Å². The Morgan fingerprint density at radius 2 is 0.604 bits per heavy atom. The third-order valence-corrected chi connectivity index (χ3v) is 9.51. The van der Waals surface area contributed by atoms with Crippen LogP contribution in [0, 0.1) is 6.92 Å². The quantitative estimate of drug-likeness (QED) is 0.133. The number of rotatable bonds is 10. The van der Waals surface area contributed by atoms with E-state index in [4.69, 9.17) is 0 Å². The summed E-state index contributed by atoms with van der Waals surface area (Å²) in [6.07, 6.45) is 4.36. The molecular weight excluding hydrogens is 641 g/mol. The van der Waals surface area contributed by atoms with Gasteiger partial charge in [-0.25, -0.2) is 0 Å². The Morgan fingerprint density at radius 3 is 1.02 bits per heavy atom. The summed E-state index contributed by atoms with van der Waals surface area (Å²) < 4.78 is 0. The summed E-state index contributed by atoms with van der Waals surface area (Å²) in [5.74, 6) is 0. The van der Waals surface area contributed by atoms with Gasteiger partial charge in [-0.2, -0.15) is 0 Å². The van der Waals surface area contributed by atoms with Gasteiger partial charge in [-0.15, -0.1) is 0 Å². The van der Waals surface area contributed by atoms with Crippen molar-refractivity contribution in [1.29, 1.82) is 0 Å². The number of benzene rings is 8. The van der Waals surface area contributed by atoms with Gasteiger partial charge in [-0.3, -0.25) is 0 Å². The van der Waals surface area contributed by atoms with E-state index in [1.807, 2.05) is 0 Å². The van der Waals surface area contributed by atoms with Crippen molar-refractivity contribution in [2.45, 2.75) is 6.92 Å². The molecule has 254 valence electrons. The average Bonchev–Trinajstić information content (AvgIpc) is 3.23. The number of nitrogens with zero attached hydrogens (tertiary/aromatic N) is 2. The number of hydrogen-bond acceptors (Lipinski definition) is 2. The third-order valence-electron chi connectivity index (χ3n) is 9.51. The highest BCUT2D eigenvalue weighted by Gasteiger charge is 2.14. The van der Waals surface area contributed by atoms with Crippen molar-refractivity contribution >= 4 is 46.3 Å². The second-order valence-electron chi connectivity index (χ2n) is 13.2. The molecule has 0 aliphatic heterocycles. The Balaban J connectivity index is 1.05. The third kappa shape index (κ3) is 7.73. The lowest BCUT2D eigenvalue weighted by atomic mass is 10.0. The van der Waals surface area contributed by atoms with Gasteiger partial charge in [0, 0.05) is 34.1 Å². The van der Waals surface area contributed by atoms with Gasteiger partial charge in [0.25, 0.3) is 0 Å². The first-order chi connectivity index (χ1) is 26.2. The molecule has 8 aromatic carbocycles. The summed E-state index contributed by atoms with van der Waals surface area (Å²) in [5.41, 5.74) is 15.1. The van der Waals surface area contributed by atoms with Crippen LogP contribution in [0.4, 0.5) is 34.1 Å². The fraction of sp³-hybridized carbons (Fsp3) is 0.0196. The highest BCUT2D eigenvalue weighted by atomic mass is 15.1. The Morgan fingerprint density at radius 1 is 0.283 bits per heavy atom. The minimum Gasteiger partial charge on any atom is -0.311 e. The van der Waals surface area contributed by atoms with Gasteiger partial charge >= 0.3 is 0 Å². The summed E-state index contributed by atoms with van der Waals surface area (Å²) in [6.45, 7) is 2.14. The van der Waals surface area contributed by atoms with Crippen LogP contribution >= 0.6 is 0 Å². The number of anilines is 6. The summed E-state index contributed by atoms with van der Waals surface area (Å²) >= 11 is 0. The summed E-state index contributed by atoms with van der Waals surface area (Å²) in [6, 6.07) is 75.5. The first-order valence-electron chi connectivity index (χ1n) is 18.1. The number of aryl methyl sites for hydroxylation is 1. The van der Waals surface area contributed by atoms with Gasteiger partial charge in [0.15, 0.2) is 0 Å². The zero-order valence-corrected chi connectivity index (χ0v) is 29.8. The van der Waals surface area contributed by atoms with Crippen LogP contribution < -0.4 is 9.80 Å². The SMILES string of the molecule is Cc1cccc(N(c2ccccc2)c2ccc(C=Cc3ccc(N(c4ccc(-c5ccccc5)cc4)c4ccc(-c5ccccc5)cc4)cc3)cc2)c1. The highest BCUT2D eigenvalue weighted by Crippen LogP contribution is 2.38. The second-order valence-corrected chi connectivity index (χ2v) is 13.2. The van der Waals surface area contributed by atoms with E-state index in [0.29, 0.717) is 0 Å². The smallest absolute Gasteiger partial charge is 0.0464 e. The lowest BCUT2D eigenvalue weighted by Gasteiger charge is -2.26. The van der Waals surface area contributed by atoms with Crippen molar-refractivity contribution in [1.82, 2.24) is 0 Å². The Kier molecular flexibility index (Phi) is 9.76. The molecule has 0 saturated carbocycles. The largest absolute Gasteiger partial charge is 0.311 e. The second kappa shape index (κ2) is 15.6. The van der Waals surface area contributed by atoms with Crippen LogP contribution in [0.2, 0.25) is 0 Å². The van der Waals surface area contributed by atoms with Crippen LogP contribution in [0.1, 0.15) is 16.7 Å². The zero-order chi connectivity index (χ0) is 35.8. The molecular formula is C51H40N2. The van der Waals surface area contributed by atoms with E-state index in [1.54, 1.807) is 0 Å². The maximum absolute atomic E-state index is 2.32. The van der Waals surface area contributed by atoms with Crippen LogP contribution in [-0.4, -0.2) is 0 Å². The maximum atomic E-state index is 2.32. The lowest BCUT2D eigenvalue weighted by Crippen LogP contribution is -2.09. The molecule has 0 N–H and O–H groups in total. The summed E-state index contributed by atoms with van der Waals surface area (Å²) in [7, 11) is 0. The van der Waals surface area contributed by atoms with E-state index >= 15 is 0 Å². The monoisotopic (exact) mass is 680 g/mol. The fourth-order valence-corrected chi connectivity index (χ4v) is 6.77. The Labute approximate surface area is 313 Å². The maximum Gasteiger partial charge on any atom is 0.0464 e. The van der Waals surface area contributed by atoms with Crippen molar-refractivity contribution in [3.05, 3.63) is 229 Å². The molecule has 0 spiro atoms. The first-order valence-corrected chi connectivity index (χ1v) is 18.1. The molecule has 0 aromatic heterocycles. The van der Waals surface area contributed by atoms with E-state index in [2.05, 4.69) is 241 Å². The van der Waals surface area contributed by atoms with E-state index < -0.39 is 0 Å². The predicted molar refractivity (Wildman–Crippen MR) is 227 cm³/mol.